The van der Waals surface area contributed by atoms with Crippen molar-refractivity contribution in [2.45, 2.75) is 12.2 Å². The normalized spacial score (nSPS) is 25.5. The Bertz CT molecular complexity index is 380. The molecule has 0 bridgehead atoms. The van der Waals surface area contributed by atoms with Crippen molar-refractivity contribution in [1.82, 2.24) is 5.32 Å². The standard InChI is InChI=1S/C10H10FNO2/c11-10(6-13)9-7(4-5-12-10)2-1-3-8(9)14/h1-3,6,12,14H,4-5H2. The third kappa shape index (κ3) is 1.19. The number of phenols is 1. The maximum Gasteiger partial charge on any atom is 0.246 e. The summed E-state index contributed by atoms with van der Waals surface area (Å²) in [6, 6.07) is 4.74. The Morgan fingerprint density at radius 2 is 2.36 bits per heavy atom. The molecule has 0 radical (unpaired) electrons. The van der Waals surface area contributed by atoms with Gasteiger partial charge in [0, 0.05) is 6.54 Å². The van der Waals surface area contributed by atoms with E-state index in [0.29, 0.717) is 18.5 Å². The quantitative estimate of drug-likeness (QED) is 0.516. The van der Waals surface area contributed by atoms with Crippen molar-refractivity contribution in [3.63, 3.8) is 0 Å². The lowest BCUT2D eigenvalue weighted by atomic mass is 9.92. The van der Waals surface area contributed by atoms with E-state index in [-0.39, 0.29) is 17.6 Å². The number of carbonyl (C=O) groups is 1. The molecule has 2 N–H and O–H groups in total. The lowest BCUT2D eigenvalue weighted by Crippen LogP contribution is -2.45. The minimum atomic E-state index is -2.24. The van der Waals surface area contributed by atoms with Crippen LogP contribution in [0, 0.1) is 0 Å². The topological polar surface area (TPSA) is 49.3 Å². The molecule has 1 aromatic carbocycles. The van der Waals surface area contributed by atoms with Gasteiger partial charge < -0.3 is 5.11 Å². The molecule has 0 saturated carbocycles. The summed E-state index contributed by atoms with van der Waals surface area (Å²) in [6.07, 6.45) is 0.800. The number of alkyl halides is 1. The highest BCUT2D eigenvalue weighted by molar-refractivity contribution is 5.69. The highest BCUT2D eigenvalue weighted by Crippen LogP contribution is 2.34. The molecule has 1 unspecified atom stereocenters. The summed E-state index contributed by atoms with van der Waals surface area (Å²) in [6.45, 7) is 0.395. The number of hydrogen-bond acceptors (Lipinski definition) is 3. The second kappa shape index (κ2) is 3.06. The molecule has 1 aromatic rings. The number of aromatic hydroxyl groups is 1. The van der Waals surface area contributed by atoms with Gasteiger partial charge in [-0.05, 0) is 18.1 Å². The Hall–Kier alpha value is -1.42. The fourth-order valence-corrected chi connectivity index (χ4v) is 1.78. The zero-order valence-electron chi connectivity index (χ0n) is 7.46. The molecule has 0 amide bonds. The summed E-state index contributed by atoms with van der Waals surface area (Å²) in [7, 11) is 0. The smallest absolute Gasteiger partial charge is 0.246 e. The highest BCUT2D eigenvalue weighted by Gasteiger charge is 2.38. The molecule has 2 rings (SSSR count). The number of phenolic OH excluding ortho intramolecular Hbond substituents is 1. The van der Waals surface area contributed by atoms with Gasteiger partial charge in [-0.3, -0.25) is 10.1 Å². The molecule has 1 atom stereocenters. The highest BCUT2D eigenvalue weighted by atomic mass is 19.1. The van der Waals surface area contributed by atoms with Gasteiger partial charge in [0.25, 0.3) is 0 Å². The third-order valence-electron chi connectivity index (χ3n) is 2.43. The molecule has 0 aliphatic carbocycles. The van der Waals surface area contributed by atoms with Crippen molar-refractivity contribution >= 4 is 6.29 Å². The molecule has 1 heterocycles. The van der Waals surface area contributed by atoms with Gasteiger partial charge >= 0.3 is 0 Å². The Morgan fingerprint density at radius 1 is 1.57 bits per heavy atom. The molecule has 0 spiro atoms. The SMILES string of the molecule is O=CC1(F)NCCc2cccc(O)c21. The van der Waals surface area contributed by atoms with E-state index in [0.717, 1.165) is 0 Å². The number of rotatable bonds is 1. The van der Waals surface area contributed by atoms with Crippen molar-refractivity contribution in [2.75, 3.05) is 6.54 Å². The van der Waals surface area contributed by atoms with Crippen molar-refractivity contribution < 1.29 is 14.3 Å². The third-order valence-corrected chi connectivity index (χ3v) is 2.43. The summed E-state index contributed by atoms with van der Waals surface area (Å²) in [5, 5.41) is 11.9. The minimum absolute atomic E-state index is 0.0567. The lowest BCUT2D eigenvalue weighted by Gasteiger charge is -2.29. The van der Waals surface area contributed by atoms with Crippen LogP contribution in [0.1, 0.15) is 11.1 Å². The van der Waals surface area contributed by atoms with E-state index in [1.807, 2.05) is 0 Å². The van der Waals surface area contributed by atoms with E-state index in [1.54, 1.807) is 12.1 Å². The van der Waals surface area contributed by atoms with Gasteiger partial charge in [-0.1, -0.05) is 12.1 Å². The minimum Gasteiger partial charge on any atom is -0.507 e. The van der Waals surface area contributed by atoms with Gasteiger partial charge in [-0.25, -0.2) is 4.39 Å². The first kappa shape index (κ1) is 9.15. The first-order valence-electron chi connectivity index (χ1n) is 4.39. The van der Waals surface area contributed by atoms with Crippen LogP contribution in [0.4, 0.5) is 4.39 Å². The maximum absolute atomic E-state index is 13.9. The van der Waals surface area contributed by atoms with Crippen LogP contribution in [-0.2, 0) is 17.0 Å². The van der Waals surface area contributed by atoms with E-state index >= 15 is 0 Å². The molecule has 3 nitrogen and oxygen atoms in total. The van der Waals surface area contributed by atoms with Gasteiger partial charge in [0.15, 0.2) is 6.29 Å². The number of benzene rings is 1. The fraction of sp³-hybridized carbons (Fsp3) is 0.300. The van der Waals surface area contributed by atoms with Crippen molar-refractivity contribution in [3.05, 3.63) is 29.3 Å². The second-order valence-corrected chi connectivity index (χ2v) is 3.32. The Labute approximate surface area is 80.6 Å². The Balaban J connectivity index is 2.63. The van der Waals surface area contributed by atoms with E-state index in [2.05, 4.69) is 5.32 Å². The first-order valence-corrected chi connectivity index (χ1v) is 4.39. The van der Waals surface area contributed by atoms with Crippen LogP contribution >= 0.6 is 0 Å². The average Bonchev–Trinajstić information content (AvgIpc) is 2.18. The Kier molecular flexibility index (Phi) is 2.00. The summed E-state index contributed by atoms with van der Waals surface area (Å²) in [5.41, 5.74) is 0.736. The van der Waals surface area contributed by atoms with Crippen molar-refractivity contribution in [2.24, 2.45) is 0 Å². The zero-order valence-corrected chi connectivity index (χ0v) is 7.46. The number of fused-ring (bicyclic) bond motifs is 1. The van der Waals surface area contributed by atoms with Gasteiger partial charge in [0.1, 0.15) is 5.75 Å². The van der Waals surface area contributed by atoms with Crippen LogP contribution < -0.4 is 5.32 Å². The molecule has 0 saturated heterocycles. The van der Waals surface area contributed by atoms with Gasteiger partial charge in [-0.15, -0.1) is 0 Å². The second-order valence-electron chi connectivity index (χ2n) is 3.32. The predicted molar refractivity (Wildman–Crippen MR) is 48.7 cm³/mol. The largest absolute Gasteiger partial charge is 0.507 e. The van der Waals surface area contributed by atoms with Gasteiger partial charge in [-0.2, -0.15) is 0 Å². The first-order chi connectivity index (χ1) is 6.67. The molecular weight excluding hydrogens is 185 g/mol. The van der Waals surface area contributed by atoms with E-state index in [9.17, 15) is 14.3 Å². The number of carbonyl (C=O) groups excluding carboxylic acids is 1. The average molecular weight is 195 g/mol. The number of halogens is 1. The van der Waals surface area contributed by atoms with Crippen LogP contribution in [0.3, 0.4) is 0 Å². The molecule has 0 aromatic heterocycles. The van der Waals surface area contributed by atoms with Crippen LogP contribution in [0.15, 0.2) is 18.2 Å². The predicted octanol–water partition coefficient (Wildman–Crippen LogP) is 0.859. The monoisotopic (exact) mass is 195 g/mol. The van der Waals surface area contributed by atoms with Gasteiger partial charge in [0.05, 0.1) is 5.56 Å². The number of hydrogen-bond donors (Lipinski definition) is 2. The van der Waals surface area contributed by atoms with E-state index in [1.165, 1.54) is 6.07 Å². The molecule has 14 heavy (non-hydrogen) atoms. The van der Waals surface area contributed by atoms with Crippen molar-refractivity contribution in [1.29, 1.82) is 0 Å². The molecular formula is C10H10FNO2. The molecule has 1 aliphatic heterocycles. The molecule has 4 heteroatoms. The van der Waals surface area contributed by atoms with Gasteiger partial charge in [0.2, 0.25) is 5.79 Å². The molecule has 74 valence electrons. The van der Waals surface area contributed by atoms with Crippen LogP contribution in [-0.4, -0.2) is 17.9 Å². The zero-order chi connectivity index (χ0) is 10.2. The van der Waals surface area contributed by atoms with Crippen molar-refractivity contribution in [3.8, 4) is 5.75 Å². The molecule has 0 fully saturated rings. The number of nitrogens with one attached hydrogen (secondary N) is 1. The summed E-state index contributed by atoms with van der Waals surface area (Å²) in [5.74, 6) is -2.41. The summed E-state index contributed by atoms with van der Waals surface area (Å²) >= 11 is 0. The summed E-state index contributed by atoms with van der Waals surface area (Å²) in [4.78, 5) is 10.6. The fourth-order valence-electron chi connectivity index (χ4n) is 1.78. The molecule has 1 aliphatic rings. The van der Waals surface area contributed by atoms with Crippen LogP contribution in [0.25, 0.3) is 0 Å². The maximum atomic E-state index is 13.9. The van der Waals surface area contributed by atoms with E-state index in [4.69, 9.17) is 0 Å². The Morgan fingerprint density at radius 3 is 3.07 bits per heavy atom. The lowest BCUT2D eigenvalue weighted by molar-refractivity contribution is -0.121. The van der Waals surface area contributed by atoms with Crippen LogP contribution in [0.2, 0.25) is 0 Å². The number of aldehydes is 1. The summed E-state index contributed by atoms with van der Waals surface area (Å²) < 4.78 is 13.9. The van der Waals surface area contributed by atoms with E-state index < -0.39 is 5.79 Å². The van der Waals surface area contributed by atoms with Crippen LogP contribution in [0.5, 0.6) is 5.75 Å².